The molecule has 0 amide bonds. The molecule has 0 radical (unpaired) electrons. The zero-order chi connectivity index (χ0) is 18.2. The van der Waals surface area contributed by atoms with Crippen molar-refractivity contribution in [2.75, 3.05) is 33.0 Å². The van der Waals surface area contributed by atoms with Gasteiger partial charge in [-0.3, -0.25) is 4.99 Å². The number of aliphatic imine (C=N–C) groups is 1. The third-order valence-electron chi connectivity index (χ3n) is 3.57. The van der Waals surface area contributed by atoms with Gasteiger partial charge in [0.15, 0.2) is 15.8 Å². The molecule has 0 aliphatic carbocycles. The molecule has 1 rings (SSSR count). The predicted molar refractivity (Wildman–Crippen MR) is 98.3 cm³/mol. The van der Waals surface area contributed by atoms with E-state index < -0.39 is 9.84 Å². The Morgan fingerprint density at radius 1 is 1.21 bits per heavy atom. The highest BCUT2D eigenvalue weighted by Gasteiger charge is 2.15. The summed E-state index contributed by atoms with van der Waals surface area (Å²) in [6, 6.07) is 6.97. The number of nitrogens with one attached hydrogen (secondary N) is 2. The van der Waals surface area contributed by atoms with Crippen LogP contribution in [0.15, 0.2) is 34.2 Å². The quantitative estimate of drug-likeness (QED) is 0.547. The molecule has 2 N–H and O–H groups in total. The zero-order valence-electron chi connectivity index (χ0n) is 15.2. The first-order valence-electron chi connectivity index (χ1n) is 8.04. The van der Waals surface area contributed by atoms with Gasteiger partial charge in [0.25, 0.3) is 0 Å². The van der Waals surface area contributed by atoms with Crippen molar-refractivity contribution in [3.05, 3.63) is 29.8 Å². The molecule has 0 unspecified atom stereocenters. The lowest BCUT2D eigenvalue weighted by molar-refractivity contribution is 0.0310. The molecular formula is C17H29N3O3S. The monoisotopic (exact) mass is 355 g/mol. The molecule has 0 bridgehead atoms. The van der Waals surface area contributed by atoms with Crippen LogP contribution in [0, 0.1) is 0 Å². The lowest BCUT2D eigenvalue weighted by Crippen LogP contribution is -2.40. The number of benzene rings is 1. The van der Waals surface area contributed by atoms with Gasteiger partial charge in [0, 0.05) is 26.5 Å². The second kappa shape index (κ2) is 9.03. The standard InChI is InChI=1S/C17H29N3O3S/c1-6-18-16(20-13-17(2,3)23-4)19-12-11-14-7-9-15(10-8-14)24(5,21)22/h7-10H,6,11-13H2,1-5H3,(H2,18,19,20). The first-order chi connectivity index (χ1) is 11.2. The van der Waals surface area contributed by atoms with E-state index in [0.29, 0.717) is 18.0 Å². The molecule has 136 valence electrons. The van der Waals surface area contributed by atoms with E-state index in [0.717, 1.165) is 24.5 Å². The van der Waals surface area contributed by atoms with Gasteiger partial charge in [0.2, 0.25) is 0 Å². The van der Waals surface area contributed by atoms with Crippen molar-refractivity contribution < 1.29 is 13.2 Å². The minimum Gasteiger partial charge on any atom is -0.377 e. The Kier molecular flexibility index (Phi) is 7.69. The molecule has 0 heterocycles. The summed E-state index contributed by atoms with van der Waals surface area (Å²) in [6.07, 6.45) is 1.99. The molecule has 24 heavy (non-hydrogen) atoms. The van der Waals surface area contributed by atoms with E-state index in [9.17, 15) is 8.42 Å². The first-order valence-corrected chi connectivity index (χ1v) is 9.93. The van der Waals surface area contributed by atoms with Crippen molar-refractivity contribution in [2.45, 2.75) is 37.7 Å². The average Bonchev–Trinajstić information content (AvgIpc) is 2.52. The van der Waals surface area contributed by atoms with Crippen LogP contribution >= 0.6 is 0 Å². The molecule has 0 atom stereocenters. The highest BCUT2D eigenvalue weighted by Crippen LogP contribution is 2.10. The number of rotatable bonds is 8. The molecule has 0 aliphatic rings. The smallest absolute Gasteiger partial charge is 0.191 e. The molecule has 0 aromatic heterocycles. The lowest BCUT2D eigenvalue weighted by Gasteiger charge is -2.21. The minimum atomic E-state index is -3.14. The van der Waals surface area contributed by atoms with Gasteiger partial charge >= 0.3 is 0 Å². The Labute approximate surface area is 145 Å². The van der Waals surface area contributed by atoms with Crippen molar-refractivity contribution in [1.82, 2.24) is 10.6 Å². The molecule has 0 spiro atoms. The molecule has 0 fully saturated rings. The summed E-state index contributed by atoms with van der Waals surface area (Å²) >= 11 is 0. The molecule has 0 aliphatic heterocycles. The van der Waals surface area contributed by atoms with E-state index in [1.807, 2.05) is 32.9 Å². The van der Waals surface area contributed by atoms with E-state index in [4.69, 9.17) is 4.74 Å². The van der Waals surface area contributed by atoms with Crippen LogP contribution < -0.4 is 10.6 Å². The van der Waals surface area contributed by atoms with Gasteiger partial charge in [-0.1, -0.05) is 12.1 Å². The zero-order valence-corrected chi connectivity index (χ0v) is 16.0. The largest absolute Gasteiger partial charge is 0.377 e. The van der Waals surface area contributed by atoms with Gasteiger partial charge in [0.1, 0.15) is 0 Å². The van der Waals surface area contributed by atoms with E-state index in [2.05, 4.69) is 15.6 Å². The number of hydrogen-bond donors (Lipinski definition) is 2. The summed E-state index contributed by atoms with van der Waals surface area (Å²) < 4.78 is 28.3. The fraction of sp³-hybridized carbons (Fsp3) is 0.588. The average molecular weight is 356 g/mol. The van der Waals surface area contributed by atoms with Crippen LogP contribution in [-0.4, -0.2) is 53.0 Å². The summed E-state index contributed by atoms with van der Waals surface area (Å²) in [5.74, 6) is 0.746. The number of ether oxygens (including phenoxy) is 1. The highest BCUT2D eigenvalue weighted by atomic mass is 32.2. The van der Waals surface area contributed by atoms with Gasteiger partial charge in [0.05, 0.1) is 17.0 Å². The van der Waals surface area contributed by atoms with Gasteiger partial charge in [-0.05, 0) is 44.9 Å². The summed E-state index contributed by atoms with van der Waals surface area (Å²) in [4.78, 5) is 4.87. The van der Waals surface area contributed by atoms with Crippen molar-refractivity contribution in [1.29, 1.82) is 0 Å². The highest BCUT2D eigenvalue weighted by molar-refractivity contribution is 7.90. The van der Waals surface area contributed by atoms with Gasteiger partial charge in [-0.25, -0.2) is 8.42 Å². The number of hydrogen-bond acceptors (Lipinski definition) is 4. The molecule has 1 aromatic carbocycles. The van der Waals surface area contributed by atoms with Crippen molar-refractivity contribution in [3.63, 3.8) is 0 Å². The van der Waals surface area contributed by atoms with Crippen molar-refractivity contribution in [2.24, 2.45) is 4.99 Å². The summed E-state index contributed by atoms with van der Waals surface area (Å²) in [5.41, 5.74) is 0.770. The van der Waals surface area contributed by atoms with Crippen molar-refractivity contribution >= 4 is 15.8 Å². The summed E-state index contributed by atoms with van der Waals surface area (Å²) in [5, 5.41) is 6.47. The molecule has 0 saturated heterocycles. The Balaban J connectivity index is 2.57. The maximum absolute atomic E-state index is 11.5. The van der Waals surface area contributed by atoms with Crippen LogP contribution in [0.1, 0.15) is 26.3 Å². The van der Waals surface area contributed by atoms with Gasteiger partial charge in [-0.2, -0.15) is 0 Å². The Bertz CT molecular complexity index is 638. The topological polar surface area (TPSA) is 79.8 Å². The van der Waals surface area contributed by atoms with E-state index in [-0.39, 0.29) is 5.60 Å². The second-order valence-electron chi connectivity index (χ2n) is 6.25. The number of nitrogens with zero attached hydrogens (tertiary/aromatic N) is 1. The maximum atomic E-state index is 11.5. The first kappa shape index (κ1) is 20.4. The van der Waals surface area contributed by atoms with Crippen molar-refractivity contribution in [3.8, 4) is 0 Å². The van der Waals surface area contributed by atoms with E-state index in [1.165, 1.54) is 6.26 Å². The summed E-state index contributed by atoms with van der Waals surface area (Å²) in [6.45, 7) is 8.04. The molecule has 0 saturated carbocycles. The van der Waals surface area contributed by atoms with Crippen LogP contribution in [0.4, 0.5) is 0 Å². The molecule has 6 nitrogen and oxygen atoms in total. The fourth-order valence-corrected chi connectivity index (χ4v) is 2.53. The van der Waals surface area contributed by atoms with Crippen LogP contribution in [-0.2, 0) is 21.0 Å². The summed E-state index contributed by atoms with van der Waals surface area (Å²) in [7, 11) is -1.46. The molecule has 7 heteroatoms. The van der Waals surface area contributed by atoms with Gasteiger partial charge < -0.3 is 15.4 Å². The van der Waals surface area contributed by atoms with Crippen LogP contribution in [0.2, 0.25) is 0 Å². The van der Waals surface area contributed by atoms with Crippen LogP contribution in [0.3, 0.4) is 0 Å². The predicted octanol–water partition coefficient (Wildman–Crippen LogP) is 1.61. The Hall–Kier alpha value is -1.60. The molecule has 1 aromatic rings. The number of guanidine groups is 1. The third-order valence-corrected chi connectivity index (χ3v) is 4.70. The lowest BCUT2D eigenvalue weighted by atomic mass is 10.1. The molecular weight excluding hydrogens is 326 g/mol. The normalized spacial score (nSPS) is 13.0. The SMILES string of the molecule is CCNC(=NCC(C)(C)OC)NCCc1ccc(S(C)(=O)=O)cc1. The second-order valence-corrected chi connectivity index (χ2v) is 8.27. The Morgan fingerprint density at radius 2 is 1.83 bits per heavy atom. The third kappa shape index (κ3) is 7.31. The fourth-order valence-electron chi connectivity index (χ4n) is 1.90. The minimum absolute atomic E-state index is 0.302. The van der Waals surface area contributed by atoms with E-state index in [1.54, 1.807) is 19.2 Å². The van der Waals surface area contributed by atoms with E-state index >= 15 is 0 Å². The van der Waals surface area contributed by atoms with Gasteiger partial charge in [-0.15, -0.1) is 0 Å². The maximum Gasteiger partial charge on any atom is 0.191 e. The van der Waals surface area contributed by atoms with Crippen LogP contribution in [0.5, 0.6) is 0 Å². The number of sulfone groups is 1. The number of methoxy groups -OCH3 is 1. The van der Waals surface area contributed by atoms with Crippen LogP contribution in [0.25, 0.3) is 0 Å². The Morgan fingerprint density at radius 3 is 2.33 bits per heavy atom.